The van der Waals surface area contributed by atoms with Gasteiger partial charge in [-0.05, 0) is 13.8 Å². The average Bonchev–Trinajstić information content (AvgIpc) is 2.28. The van der Waals surface area contributed by atoms with Gasteiger partial charge in [0.05, 0.1) is 12.3 Å². The lowest BCUT2D eigenvalue weighted by Gasteiger charge is -1.91. The van der Waals surface area contributed by atoms with Crippen molar-refractivity contribution >= 4 is 0 Å². The van der Waals surface area contributed by atoms with Crippen LogP contribution in [0, 0.1) is 0 Å². The molecular weight excluding hydrogens is 76.1 g/mol. The van der Waals surface area contributed by atoms with Crippen molar-refractivity contribution in [3.63, 3.8) is 0 Å². The number of rotatable bonds is 0. The molecule has 2 heteroatoms. The van der Waals surface area contributed by atoms with Gasteiger partial charge >= 0.3 is 0 Å². The van der Waals surface area contributed by atoms with Crippen LogP contribution in [-0.4, -0.2) is 22.3 Å². The summed E-state index contributed by atoms with van der Waals surface area (Å²) in [4.78, 5) is 0. The Morgan fingerprint density at radius 3 is 1.33 bits per heavy atom. The summed E-state index contributed by atoms with van der Waals surface area (Å²) in [5, 5.41) is 4.67. The monoisotopic (exact) mass is 84.1 g/mol. The smallest absolute Gasteiger partial charge is 0.0904 e. The summed E-state index contributed by atoms with van der Waals surface area (Å²) in [6.45, 7) is 4.42. The molecule has 2 nitrogen and oxygen atoms in total. The van der Waals surface area contributed by atoms with Crippen LogP contribution in [0.25, 0.3) is 0 Å². The van der Waals surface area contributed by atoms with E-state index in [9.17, 15) is 0 Å². The second-order valence-corrected chi connectivity index (χ2v) is 2.02. The Kier molecular flexibility index (Phi) is 0.265. The van der Waals surface area contributed by atoms with E-state index >= 15 is 0 Å². The predicted octanol–water partition coefficient (Wildman–Crippen LogP) is 0.225. The zero-order valence-corrected chi connectivity index (χ0v) is 4.05. The maximum Gasteiger partial charge on any atom is 0.0904 e. The summed E-state index contributed by atoms with van der Waals surface area (Å²) in [6.07, 6.45) is 1.58. The van der Waals surface area contributed by atoms with E-state index in [1.807, 2.05) is 0 Å². The minimum absolute atomic E-state index is 0.792. The Morgan fingerprint density at radius 1 is 1.00 bits per heavy atom. The summed E-state index contributed by atoms with van der Waals surface area (Å²) in [7, 11) is 0. The molecule has 0 aromatic rings. The van der Waals surface area contributed by atoms with Crippen molar-refractivity contribution in [3.8, 4) is 0 Å². The summed E-state index contributed by atoms with van der Waals surface area (Å²) in [5.74, 6) is 0. The molecule has 0 aliphatic carbocycles. The zero-order valence-electron chi connectivity index (χ0n) is 4.05. The van der Waals surface area contributed by atoms with Crippen LogP contribution in [0.1, 0.15) is 13.8 Å². The molecule has 0 N–H and O–H groups in total. The maximum absolute atomic E-state index is 2.33. The van der Waals surface area contributed by atoms with Gasteiger partial charge in [0.2, 0.25) is 0 Å². The highest BCUT2D eigenvalue weighted by molar-refractivity contribution is 4.99. The minimum Gasteiger partial charge on any atom is -0.202 e. The van der Waals surface area contributed by atoms with Crippen molar-refractivity contribution < 1.29 is 0 Å². The molecule has 0 radical (unpaired) electrons. The lowest BCUT2D eigenvalue weighted by atomic mass is 10.5. The highest BCUT2D eigenvalue weighted by atomic mass is 16.1. The zero-order chi connectivity index (χ0) is 4.31. The molecule has 2 rings (SSSR count). The Labute approximate surface area is 37.3 Å². The van der Waals surface area contributed by atoms with Gasteiger partial charge in [-0.15, -0.1) is 0 Å². The Bertz CT molecular complexity index is 71.5. The highest BCUT2D eigenvalue weighted by Crippen LogP contribution is 2.47. The molecule has 0 amide bonds. The van der Waals surface area contributed by atoms with E-state index in [0.29, 0.717) is 0 Å². The lowest BCUT2D eigenvalue weighted by molar-refractivity contribution is 0.512. The SMILES string of the molecule is CC1N2C(C)N12. The van der Waals surface area contributed by atoms with Crippen molar-refractivity contribution in [2.24, 2.45) is 0 Å². The highest BCUT2D eigenvalue weighted by Gasteiger charge is 2.64. The van der Waals surface area contributed by atoms with Crippen molar-refractivity contribution in [3.05, 3.63) is 0 Å². The van der Waals surface area contributed by atoms with Crippen LogP contribution < -0.4 is 0 Å². The van der Waals surface area contributed by atoms with Crippen LogP contribution in [0.2, 0.25) is 0 Å². The maximum atomic E-state index is 2.33. The number of nitrogens with zero attached hydrogens (tertiary/aromatic N) is 2. The van der Waals surface area contributed by atoms with E-state index in [4.69, 9.17) is 0 Å². The number of hydrogen-bond acceptors (Lipinski definition) is 2. The van der Waals surface area contributed by atoms with Gasteiger partial charge in [-0.1, -0.05) is 0 Å². The molecular formula is C4H8N2. The van der Waals surface area contributed by atoms with Crippen LogP contribution in [0.5, 0.6) is 0 Å². The summed E-state index contributed by atoms with van der Waals surface area (Å²) < 4.78 is 0. The van der Waals surface area contributed by atoms with Gasteiger partial charge in [0, 0.05) is 0 Å². The second kappa shape index (κ2) is 0.532. The van der Waals surface area contributed by atoms with Crippen LogP contribution in [0.15, 0.2) is 0 Å². The third-order valence-corrected chi connectivity index (χ3v) is 1.69. The molecule has 0 atom stereocenters. The minimum atomic E-state index is 0.792. The molecule has 2 fully saturated rings. The predicted molar refractivity (Wildman–Crippen MR) is 22.6 cm³/mol. The van der Waals surface area contributed by atoms with Gasteiger partial charge in [0.15, 0.2) is 0 Å². The van der Waals surface area contributed by atoms with Gasteiger partial charge in [0.1, 0.15) is 0 Å². The van der Waals surface area contributed by atoms with E-state index in [0.717, 1.165) is 12.3 Å². The van der Waals surface area contributed by atoms with E-state index in [-0.39, 0.29) is 0 Å². The molecule has 6 heavy (non-hydrogen) atoms. The fourth-order valence-corrected chi connectivity index (χ4v) is 1.15. The first kappa shape index (κ1) is 2.99. The molecule has 0 saturated carbocycles. The number of fused-ring (bicyclic) bond motifs is 1. The van der Waals surface area contributed by atoms with Crippen LogP contribution >= 0.6 is 0 Å². The first-order chi connectivity index (χ1) is 2.82. The van der Waals surface area contributed by atoms with Gasteiger partial charge in [0.25, 0.3) is 0 Å². The van der Waals surface area contributed by atoms with Gasteiger partial charge in [-0.3, -0.25) is 0 Å². The summed E-state index contributed by atoms with van der Waals surface area (Å²) in [5.41, 5.74) is 0. The van der Waals surface area contributed by atoms with Crippen LogP contribution in [-0.2, 0) is 0 Å². The fourth-order valence-electron chi connectivity index (χ4n) is 1.15. The number of hydrogen-bond donors (Lipinski definition) is 0. The summed E-state index contributed by atoms with van der Waals surface area (Å²) in [6, 6.07) is 0. The molecule has 0 unspecified atom stereocenters. The molecule has 0 spiro atoms. The van der Waals surface area contributed by atoms with Crippen LogP contribution in [0.4, 0.5) is 0 Å². The van der Waals surface area contributed by atoms with Gasteiger partial charge in [-0.2, -0.15) is 0 Å². The first-order valence-electron chi connectivity index (χ1n) is 2.39. The van der Waals surface area contributed by atoms with E-state index in [2.05, 4.69) is 23.9 Å². The lowest BCUT2D eigenvalue weighted by Crippen LogP contribution is -2.09. The molecule has 0 bridgehead atoms. The topological polar surface area (TPSA) is 6.02 Å². The van der Waals surface area contributed by atoms with Crippen LogP contribution in [0.3, 0.4) is 0 Å². The van der Waals surface area contributed by atoms with Crippen molar-refractivity contribution in [2.75, 3.05) is 0 Å². The van der Waals surface area contributed by atoms with E-state index < -0.39 is 0 Å². The summed E-state index contributed by atoms with van der Waals surface area (Å²) >= 11 is 0. The van der Waals surface area contributed by atoms with Crippen molar-refractivity contribution in [1.29, 1.82) is 0 Å². The van der Waals surface area contributed by atoms with Gasteiger partial charge < -0.3 is 0 Å². The Morgan fingerprint density at radius 2 is 1.33 bits per heavy atom. The quantitative estimate of drug-likeness (QED) is 0.387. The second-order valence-electron chi connectivity index (χ2n) is 2.02. The molecule has 34 valence electrons. The number of hydrazine groups is 1. The fraction of sp³-hybridized carbons (Fsp3) is 1.00. The molecule has 0 aromatic heterocycles. The largest absolute Gasteiger partial charge is 0.202 e. The van der Waals surface area contributed by atoms with Crippen molar-refractivity contribution in [1.82, 2.24) is 10.0 Å². The normalized spacial score (nSPS) is 73.0. The average molecular weight is 84.1 g/mol. The molecule has 2 aliphatic heterocycles. The van der Waals surface area contributed by atoms with Gasteiger partial charge in [-0.25, -0.2) is 10.0 Å². The third-order valence-electron chi connectivity index (χ3n) is 1.69. The first-order valence-corrected chi connectivity index (χ1v) is 2.39. The molecule has 0 aromatic carbocycles. The molecule has 2 aliphatic rings. The Balaban J connectivity index is 2.06. The van der Waals surface area contributed by atoms with Crippen molar-refractivity contribution in [2.45, 2.75) is 26.2 Å². The molecule has 2 saturated heterocycles. The standard InChI is InChI=1S/C4H8N2/c1-3-5-4(2)6(3)5/h3-4H,1-2H3. The van der Waals surface area contributed by atoms with E-state index in [1.165, 1.54) is 0 Å². The molecule has 2 heterocycles. The van der Waals surface area contributed by atoms with E-state index in [1.54, 1.807) is 0 Å². The third kappa shape index (κ3) is 0.132. The Hall–Kier alpha value is -0.0800.